The van der Waals surface area contributed by atoms with E-state index in [0.29, 0.717) is 5.82 Å². The first-order chi connectivity index (χ1) is 15.1. The van der Waals surface area contributed by atoms with Gasteiger partial charge in [-0.05, 0) is 56.1 Å². The first-order valence-electron chi connectivity index (χ1n) is 10.8. The molecular weight excluding hydrogens is 409 g/mol. The maximum atomic E-state index is 13.3. The number of nitrogens with one attached hydrogen (secondary N) is 2. The Morgan fingerprint density at radius 3 is 2.19 bits per heavy atom. The van der Waals surface area contributed by atoms with Gasteiger partial charge in [0.2, 0.25) is 11.8 Å². The van der Waals surface area contributed by atoms with E-state index in [9.17, 15) is 14.0 Å². The van der Waals surface area contributed by atoms with Crippen LogP contribution in [0, 0.1) is 11.7 Å². The predicted octanol–water partition coefficient (Wildman–Crippen LogP) is 2.51. The van der Waals surface area contributed by atoms with Crippen molar-refractivity contribution in [1.82, 2.24) is 20.5 Å². The molecule has 7 nitrogen and oxygen atoms in total. The molecule has 0 saturated heterocycles. The van der Waals surface area contributed by atoms with Crippen molar-refractivity contribution in [2.75, 3.05) is 12.8 Å². The molecule has 1 heterocycles. The first kappa shape index (κ1) is 25.3. The Balaban J connectivity index is 2.18. The number of hydrogen-bond acceptors (Lipinski definition) is 5. The van der Waals surface area contributed by atoms with Gasteiger partial charge in [-0.3, -0.25) is 14.5 Å². The number of nitrogens with zero attached hydrogens (tertiary/aromatic N) is 2. The van der Waals surface area contributed by atoms with Gasteiger partial charge in [0.15, 0.2) is 0 Å². The third kappa shape index (κ3) is 7.30. The molecule has 32 heavy (non-hydrogen) atoms. The zero-order valence-electron chi connectivity index (χ0n) is 19.4. The third-order valence-corrected chi connectivity index (χ3v) is 5.45. The molecule has 0 bridgehead atoms. The van der Waals surface area contributed by atoms with E-state index in [0.717, 1.165) is 11.1 Å². The molecule has 2 rings (SSSR count). The maximum absolute atomic E-state index is 13.3. The van der Waals surface area contributed by atoms with Gasteiger partial charge in [0.25, 0.3) is 0 Å². The van der Waals surface area contributed by atoms with E-state index in [-0.39, 0.29) is 48.6 Å². The average molecular weight is 444 g/mol. The van der Waals surface area contributed by atoms with Crippen LogP contribution in [0.3, 0.4) is 0 Å². The van der Waals surface area contributed by atoms with Crippen molar-refractivity contribution >= 4 is 17.6 Å². The quantitative estimate of drug-likeness (QED) is 0.524. The minimum atomic E-state index is -0.809. The van der Waals surface area contributed by atoms with Crippen LogP contribution in [0.4, 0.5) is 10.2 Å². The summed E-state index contributed by atoms with van der Waals surface area (Å²) in [5.41, 5.74) is 7.14. The lowest BCUT2D eigenvalue weighted by molar-refractivity contribution is -0.133. The van der Waals surface area contributed by atoms with Gasteiger partial charge in [0.1, 0.15) is 17.7 Å². The Morgan fingerprint density at radius 2 is 1.66 bits per heavy atom. The summed E-state index contributed by atoms with van der Waals surface area (Å²) in [7, 11) is 1.90. The minimum Gasteiger partial charge on any atom is -0.384 e. The summed E-state index contributed by atoms with van der Waals surface area (Å²) in [5, 5.41) is 5.77. The standard InChI is InChI=1S/C24H34FN5O2/c1-15(2)22(30(5)16(3)4)24(32)29-20(12-17-6-9-19(25)10-7-17)23(31)28-14-18-8-11-21(26)27-13-18/h6-11,13,15-16,20,22H,12,14H2,1-5H3,(H2,26,27)(H,28,31)(H,29,32)/t20-,22-/m0/s1. The zero-order chi connectivity index (χ0) is 23.8. The van der Waals surface area contributed by atoms with Crippen LogP contribution < -0.4 is 16.4 Å². The number of amides is 2. The van der Waals surface area contributed by atoms with E-state index in [4.69, 9.17) is 5.73 Å². The number of rotatable bonds is 10. The molecule has 4 N–H and O–H groups in total. The number of hydrogen-bond donors (Lipinski definition) is 3. The van der Waals surface area contributed by atoms with Gasteiger partial charge < -0.3 is 16.4 Å². The number of nitrogens with two attached hydrogens (primary N) is 1. The van der Waals surface area contributed by atoms with Gasteiger partial charge in [-0.1, -0.05) is 32.0 Å². The maximum Gasteiger partial charge on any atom is 0.243 e. The second kappa shape index (κ2) is 11.6. The molecule has 0 spiro atoms. The van der Waals surface area contributed by atoms with Gasteiger partial charge >= 0.3 is 0 Å². The van der Waals surface area contributed by atoms with Crippen LogP contribution >= 0.6 is 0 Å². The summed E-state index contributed by atoms with van der Waals surface area (Å²) in [6, 6.07) is 8.33. The molecule has 0 fully saturated rings. The summed E-state index contributed by atoms with van der Waals surface area (Å²) < 4.78 is 13.3. The van der Waals surface area contributed by atoms with Crippen molar-refractivity contribution in [2.24, 2.45) is 5.92 Å². The van der Waals surface area contributed by atoms with Crippen LogP contribution in [0.25, 0.3) is 0 Å². The number of anilines is 1. The zero-order valence-corrected chi connectivity index (χ0v) is 19.4. The average Bonchev–Trinajstić information content (AvgIpc) is 2.73. The number of likely N-dealkylation sites (N-methyl/N-ethyl adjacent to an activating group) is 1. The smallest absolute Gasteiger partial charge is 0.243 e. The van der Waals surface area contributed by atoms with E-state index in [1.807, 2.05) is 39.6 Å². The molecule has 0 aliphatic heterocycles. The van der Waals surface area contributed by atoms with Crippen LogP contribution in [-0.2, 0) is 22.6 Å². The molecule has 2 atom stereocenters. The highest BCUT2D eigenvalue weighted by Crippen LogP contribution is 2.14. The normalized spacial score (nSPS) is 13.3. The molecular formula is C24H34FN5O2. The summed E-state index contributed by atoms with van der Waals surface area (Å²) >= 11 is 0. The Bertz CT molecular complexity index is 884. The Labute approximate surface area is 189 Å². The van der Waals surface area contributed by atoms with Gasteiger partial charge in [-0.2, -0.15) is 0 Å². The van der Waals surface area contributed by atoms with Gasteiger partial charge in [0.05, 0.1) is 6.04 Å². The lowest BCUT2D eigenvalue weighted by atomic mass is 9.99. The summed E-state index contributed by atoms with van der Waals surface area (Å²) in [4.78, 5) is 32.2. The first-order valence-corrected chi connectivity index (χ1v) is 10.8. The topological polar surface area (TPSA) is 100 Å². The Kier molecular flexibility index (Phi) is 9.13. The lowest BCUT2D eigenvalue weighted by Crippen LogP contribution is -2.56. The fourth-order valence-corrected chi connectivity index (χ4v) is 3.45. The van der Waals surface area contributed by atoms with Crippen LogP contribution in [0.1, 0.15) is 38.8 Å². The van der Waals surface area contributed by atoms with Crippen LogP contribution in [0.2, 0.25) is 0 Å². The highest BCUT2D eigenvalue weighted by atomic mass is 19.1. The van der Waals surface area contributed by atoms with Crippen LogP contribution in [0.5, 0.6) is 0 Å². The number of halogens is 1. The monoisotopic (exact) mass is 443 g/mol. The molecule has 0 unspecified atom stereocenters. The molecule has 174 valence electrons. The molecule has 2 aromatic rings. The minimum absolute atomic E-state index is 0.0535. The molecule has 1 aromatic carbocycles. The molecule has 0 aliphatic rings. The summed E-state index contributed by atoms with van der Waals surface area (Å²) in [5.74, 6) is -0.441. The van der Waals surface area contributed by atoms with Crippen molar-refractivity contribution < 1.29 is 14.0 Å². The van der Waals surface area contributed by atoms with E-state index in [1.54, 1.807) is 30.5 Å². The van der Waals surface area contributed by atoms with Crippen molar-refractivity contribution in [2.45, 2.75) is 58.8 Å². The highest BCUT2D eigenvalue weighted by Gasteiger charge is 2.31. The van der Waals surface area contributed by atoms with E-state index in [1.165, 1.54) is 12.1 Å². The van der Waals surface area contributed by atoms with Crippen molar-refractivity contribution in [3.63, 3.8) is 0 Å². The lowest BCUT2D eigenvalue weighted by Gasteiger charge is -2.34. The van der Waals surface area contributed by atoms with Crippen LogP contribution in [0.15, 0.2) is 42.6 Å². The summed E-state index contributed by atoms with van der Waals surface area (Å²) in [6.07, 6.45) is 1.84. The largest absolute Gasteiger partial charge is 0.384 e. The van der Waals surface area contributed by atoms with Crippen molar-refractivity contribution in [3.8, 4) is 0 Å². The molecule has 0 radical (unpaired) electrons. The number of benzene rings is 1. The van der Waals surface area contributed by atoms with Crippen molar-refractivity contribution in [1.29, 1.82) is 0 Å². The second-order valence-corrected chi connectivity index (χ2v) is 8.65. The number of carbonyl (C=O) groups excluding carboxylic acids is 2. The van der Waals surface area contributed by atoms with E-state index < -0.39 is 6.04 Å². The fraction of sp³-hybridized carbons (Fsp3) is 0.458. The SMILES string of the molecule is CC(C)[C@@H](C(=O)N[C@@H](Cc1ccc(F)cc1)C(=O)NCc1ccc(N)nc1)N(C)C(C)C. The summed E-state index contributed by atoms with van der Waals surface area (Å²) in [6.45, 7) is 8.25. The second-order valence-electron chi connectivity index (χ2n) is 8.65. The Hall–Kier alpha value is -3.00. The van der Waals surface area contributed by atoms with Gasteiger partial charge in [-0.25, -0.2) is 9.37 Å². The molecule has 0 saturated carbocycles. The molecule has 0 aliphatic carbocycles. The number of pyridine rings is 1. The number of carbonyl (C=O) groups is 2. The number of aromatic nitrogens is 1. The Morgan fingerprint density at radius 1 is 1.03 bits per heavy atom. The molecule has 8 heteroatoms. The predicted molar refractivity (Wildman–Crippen MR) is 124 cm³/mol. The van der Waals surface area contributed by atoms with Crippen molar-refractivity contribution in [3.05, 3.63) is 59.5 Å². The van der Waals surface area contributed by atoms with Gasteiger partial charge in [-0.15, -0.1) is 0 Å². The van der Waals surface area contributed by atoms with E-state index in [2.05, 4.69) is 15.6 Å². The third-order valence-electron chi connectivity index (χ3n) is 5.45. The fourth-order valence-electron chi connectivity index (χ4n) is 3.45. The van der Waals surface area contributed by atoms with E-state index >= 15 is 0 Å². The molecule has 1 aromatic heterocycles. The highest BCUT2D eigenvalue weighted by molar-refractivity contribution is 5.90. The van der Waals surface area contributed by atoms with Gasteiger partial charge in [0, 0.05) is 25.2 Å². The van der Waals surface area contributed by atoms with Crippen LogP contribution in [-0.4, -0.2) is 46.9 Å². The number of nitrogen functional groups attached to an aromatic ring is 1. The molecule has 2 amide bonds.